The number of aliphatic carboxylic acids is 1. The SMILES string of the molecule is Cc1ccc(NC(=O)CC(C)CC(=O)O)cc1. The minimum Gasteiger partial charge on any atom is -0.481 e. The fraction of sp³-hybridized carbons (Fsp3) is 0.385. The van der Waals surface area contributed by atoms with Crippen LogP contribution in [0.2, 0.25) is 0 Å². The summed E-state index contributed by atoms with van der Waals surface area (Å²) in [7, 11) is 0. The average Bonchev–Trinajstić information content (AvgIpc) is 2.19. The molecule has 0 saturated carbocycles. The first kappa shape index (κ1) is 13.2. The van der Waals surface area contributed by atoms with Crippen molar-refractivity contribution in [2.45, 2.75) is 26.7 Å². The maximum atomic E-state index is 11.6. The van der Waals surface area contributed by atoms with Gasteiger partial charge in [0.05, 0.1) is 0 Å². The molecule has 1 aromatic carbocycles. The van der Waals surface area contributed by atoms with Crippen LogP contribution < -0.4 is 5.32 Å². The van der Waals surface area contributed by atoms with Gasteiger partial charge < -0.3 is 10.4 Å². The number of nitrogens with one attached hydrogen (secondary N) is 1. The van der Waals surface area contributed by atoms with Crippen LogP contribution in [-0.4, -0.2) is 17.0 Å². The molecule has 0 bridgehead atoms. The van der Waals surface area contributed by atoms with Crippen molar-refractivity contribution in [3.63, 3.8) is 0 Å². The summed E-state index contributed by atoms with van der Waals surface area (Å²) < 4.78 is 0. The van der Waals surface area contributed by atoms with Crippen LogP contribution in [0.1, 0.15) is 25.3 Å². The molecular formula is C13H17NO3. The summed E-state index contributed by atoms with van der Waals surface area (Å²) in [5.74, 6) is -1.18. The number of hydrogen-bond donors (Lipinski definition) is 2. The van der Waals surface area contributed by atoms with Gasteiger partial charge in [0.1, 0.15) is 0 Å². The Bertz CT molecular complexity index is 398. The topological polar surface area (TPSA) is 66.4 Å². The maximum absolute atomic E-state index is 11.6. The summed E-state index contributed by atoms with van der Waals surface area (Å²) in [6.07, 6.45) is 0.238. The van der Waals surface area contributed by atoms with E-state index in [-0.39, 0.29) is 24.7 Å². The van der Waals surface area contributed by atoms with Crippen molar-refractivity contribution in [2.24, 2.45) is 5.92 Å². The molecule has 0 aliphatic heterocycles. The van der Waals surface area contributed by atoms with Gasteiger partial charge in [0, 0.05) is 18.5 Å². The van der Waals surface area contributed by atoms with Crippen molar-refractivity contribution >= 4 is 17.6 Å². The Labute approximate surface area is 101 Å². The largest absolute Gasteiger partial charge is 0.481 e. The predicted molar refractivity (Wildman–Crippen MR) is 65.8 cm³/mol. The molecule has 1 aromatic rings. The zero-order valence-electron chi connectivity index (χ0n) is 10.1. The molecule has 0 spiro atoms. The van der Waals surface area contributed by atoms with Gasteiger partial charge in [-0.2, -0.15) is 0 Å². The number of carbonyl (C=O) groups is 2. The second-order valence-corrected chi connectivity index (χ2v) is 4.32. The molecule has 0 aliphatic carbocycles. The highest BCUT2D eigenvalue weighted by molar-refractivity contribution is 5.91. The molecule has 1 amide bonds. The van der Waals surface area contributed by atoms with Gasteiger partial charge in [0.2, 0.25) is 5.91 Å². The van der Waals surface area contributed by atoms with Gasteiger partial charge in [-0.3, -0.25) is 9.59 Å². The first-order valence-electron chi connectivity index (χ1n) is 5.55. The molecule has 0 heterocycles. The molecule has 4 heteroatoms. The van der Waals surface area contributed by atoms with E-state index in [1.54, 1.807) is 6.92 Å². The molecule has 1 unspecified atom stereocenters. The fourth-order valence-corrected chi connectivity index (χ4v) is 1.54. The lowest BCUT2D eigenvalue weighted by molar-refractivity contribution is -0.138. The molecule has 2 N–H and O–H groups in total. The van der Waals surface area contributed by atoms with Crippen molar-refractivity contribution in [1.82, 2.24) is 0 Å². The summed E-state index contributed by atoms with van der Waals surface area (Å²) in [5.41, 5.74) is 1.87. The van der Waals surface area contributed by atoms with Gasteiger partial charge in [-0.05, 0) is 25.0 Å². The Kier molecular flexibility index (Phi) is 4.69. The number of amides is 1. The van der Waals surface area contributed by atoms with Crippen LogP contribution in [0.15, 0.2) is 24.3 Å². The van der Waals surface area contributed by atoms with Crippen LogP contribution in [0.5, 0.6) is 0 Å². The van der Waals surface area contributed by atoms with Crippen molar-refractivity contribution < 1.29 is 14.7 Å². The van der Waals surface area contributed by atoms with Gasteiger partial charge in [-0.1, -0.05) is 24.6 Å². The van der Waals surface area contributed by atoms with Crippen LogP contribution >= 0.6 is 0 Å². The lowest BCUT2D eigenvalue weighted by atomic mass is 10.0. The molecule has 0 saturated heterocycles. The smallest absolute Gasteiger partial charge is 0.303 e. The Morgan fingerprint density at radius 3 is 2.35 bits per heavy atom. The molecular weight excluding hydrogens is 218 g/mol. The summed E-state index contributed by atoms with van der Waals surface area (Å²) in [5, 5.41) is 11.3. The van der Waals surface area contributed by atoms with E-state index < -0.39 is 5.97 Å². The minimum atomic E-state index is -0.874. The predicted octanol–water partition coefficient (Wildman–Crippen LogP) is 2.43. The fourth-order valence-electron chi connectivity index (χ4n) is 1.54. The quantitative estimate of drug-likeness (QED) is 0.823. The Morgan fingerprint density at radius 1 is 1.24 bits per heavy atom. The van der Waals surface area contributed by atoms with E-state index in [4.69, 9.17) is 5.11 Å². The molecule has 0 fully saturated rings. The molecule has 0 radical (unpaired) electrons. The van der Waals surface area contributed by atoms with Gasteiger partial charge in [0.15, 0.2) is 0 Å². The summed E-state index contributed by atoms with van der Waals surface area (Å²) in [6, 6.07) is 7.48. The monoisotopic (exact) mass is 235 g/mol. The van der Waals surface area contributed by atoms with E-state index in [0.29, 0.717) is 0 Å². The van der Waals surface area contributed by atoms with Gasteiger partial charge in [0.25, 0.3) is 0 Å². The molecule has 92 valence electrons. The van der Waals surface area contributed by atoms with Crippen molar-refractivity contribution in [1.29, 1.82) is 0 Å². The van der Waals surface area contributed by atoms with Crippen molar-refractivity contribution in [3.8, 4) is 0 Å². The number of carboxylic acid groups (broad SMARTS) is 1. The Morgan fingerprint density at radius 2 is 1.82 bits per heavy atom. The zero-order chi connectivity index (χ0) is 12.8. The standard InChI is InChI=1S/C13H17NO3/c1-9-3-5-11(6-4-9)14-12(15)7-10(2)8-13(16)17/h3-6,10H,7-8H2,1-2H3,(H,14,15)(H,16,17). The third-order valence-corrected chi connectivity index (χ3v) is 2.39. The van der Waals surface area contributed by atoms with Gasteiger partial charge in [-0.15, -0.1) is 0 Å². The normalized spacial score (nSPS) is 11.9. The third kappa shape index (κ3) is 5.15. The van der Waals surface area contributed by atoms with Gasteiger partial charge in [-0.25, -0.2) is 0 Å². The van der Waals surface area contributed by atoms with Crippen LogP contribution in [0, 0.1) is 12.8 Å². The molecule has 1 rings (SSSR count). The number of aryl methyl sites for hydroxylation is 1. The first-order valence-corrected chi connectivity index (χ1v) is 5.55. The number of carbonyl (C=O) groups excluding carboxylic acids is 1. The summed E-state index contributed by atoms with van der Waals surface area (Å²) in [4.78, 5) is 22.0. The van der Waals surface area contributed by atoms with E-state index in [0.717, 1.165) is 11.3 Å². The van der Waals surface area contributed by atoms with E-state index >= 15 is 0 Å². The van der Waals surface area contributed by atoms with Crippen molar-refractivity contribution in [3.05, 3.63) is 29.8 Å². The van der Waals surface area contributed by atoms with Crippen LogP contribution in [0.3, 0.4) is 0 Å². The lowest BCUT2D eigenvalue weighted by Crippen LogP contribution is -2.16. The molecule has 0 aromatic heterocycles. The van der Waals surface area contributed by atoms with Crippen LogP contribution in [0.4, 0.5) is 5.69 Å². The summed E-state index contributed by atoms with van der Waals surface area (Å²) in [6.45, 7) is 3.73. The van der Waals surface area contributed by atoms with E-state index in [1.807, 2.05) is 31.2 Å². The molecule has 4 nitrogen and oxygen atoms in total. The van der Waals surface area contributed by atoms with Gasteiger partial charge >= 0.3 is 5.97 Å². The first-order chi connectivity index (χ1) is 7.97. The highest BCUT2D eigenvalue weighted by atomic mass is 16.4. The maximum Gasteiger partial charge on any atom is 0.303 e. The minimum absolute atomic E-state index is 0.0152. The van der Waals surface area contributed by atoms with Crippen LogP contribution in [0.25, 0.3) is 0 Å². The molecule has 17 heavy (non-hydrogen) atoms. The number of rotatable bonds is 5. The molecule has 1 atom stereocenters. The summed E-state index contributed by atoms with van der Waals surface area (Å²) >= 11 is 0. The number of anilines is 1. The second kappa shape index (κ2) is 6.03. The zero-order valence-corrected chi connectivity index (χ0v) is 10.1. The highest BCUT2D eigenvalue weighted by Crippen LogP contribution is 2.12. The highest BCUT2D eigenvalue weighted by Gasteiger charge is 2.12. The van der Waals surface area contributed by atoms with E-state index in [2.05, 4.69) is 5.32 Å². The lowest BCUT2D eigenvalue weighted by Gasteiger charge is -2.09. The molecule has 0 aliphatic rings. The van der Waals surface area contributed by atoms with Crippen molar-refractivity contribution in [2.75, 3.05) is 5.32 Å². The average molecular weight is 235 g/mol. The van der Waals surface area contributed by atoms with Crippen LogP contribution in [-0.2, 0) is 9.59 Å². The van der Waals surface area contributed by atoms with E-state index in [9.17, 15) is 9.59 Å². The Balaban J connectivity index is 2.44. The Hall–Kier alpha value is -1.84. The number of hydrogen-bond acceptors (Lipinski definition) is 2. The number of carboxylic acids is 1. The second-order valence-electron chi connectivity index (χ2n) is 4.32. The van der Waals surface area contributed by atoms with E-state index in [1.165, 1.54) is 0 Å². The third-order valence-electron chi connectivity index (χ3n) is 2.39. The number of benzene rings is 1.